The summed E-state index contributed by atoms with van der Waals surface area (Å²) >= 11 is 0. The Hall–Kier alpha value is -1.93. The van der Waals surface area contributed by atoms with Gasteiger partial charge in [-0.3, -0.25) is 0 Å². The van der Waals surface area contributed by atoms with Crippen LogP contribution in [0.15, 0.2) is 23.1 Å². The Bertz CT molecular complexity index is 763. The molecule has 0 radical (unpaired) electrons. The van der Waals surface area contributed by atoms with Crippen LogP contribution in [0.25, 0.3) is 11.0 Å². The number of rotatable bonds is 5. The van der Waals surface area contributed by atoms with Gasteiger partial charge in [-0.1, -0.05) is 0 Å². The number of carboxylic acids is 1. The SMILES string of the molecule is Cn1c(COCC(=O)O)nc2cc(S(C)(=O)=O)ccc21. The van der Waals surface area contributed by atoms with Crippen LogP contribution in [0.2, 0.25) is 0 Å². The van der Waals surface area contributed by atoms with Gasteiger partial charge in [0.15, 0.2) is 9.84 Å². The zero-order chi connectivity index (χ0) is 14.9. The average Bonchev–Trinajstić information content (AvgIpc) is 2.65. The Kier molecular flexibility index (Phi) is 3.78. The topological polar surface area (TPSA) is 98.5 Å². The molecule has 0 aliphatic carbocycles. The molecule has 2 rings (SSSR count). The van der Waals surface area contributed by atoms with Crippen molar-refractivity contribution in [2.24, 2.45) is 7.05 Å². The minimum atomic E-state index is -3.28. The first kappa shape index (κ1) is 14.5. The third-order valence-corrected chi connectivity index (χ3v) is 3.94. The number of aryl methyl sites for hydroxylation is 1. The van der Waals surface area contributed by atoms with Gasteiger partial charge in [-0.15, -0.1) is 0 Å². The number of aliphatic carboxylic acids is 1. The smallest absolute Gasteiger partial charge is 0.329 e. The summed E-state index contributed by atoms with van der Waals surface area (Å²) in [6.07, 6.45) is 1.13. The Labute approximate surface area is 115 Å². The molecule has 1 aromatic carbocycles. The third-order valence-electron chi connectivity index (χ3n) is 2.83. The van der Waals surface area contributed by atoms with Crippen molar-refractivity contribution in [3.63, 3.8) is 0 Å². The highest BCUT2D eigenvalue weighted by atomic mass is 32.2. The number of carboxylic acid groups (broad SMARTS) is 1. The maximum absolute atomic E-state index is 11.5. The third kappa shape index (κ3) is 2.97. The van der Waals surface area contributed by atoms with Crippen molar-refractivity contribution < 1.29 is 23.1 Å². The first-order chi connectivity index (χ1) is 9.29. The highest BCUT2D eigenvalue weighted by molar-refractivity contribution is 7.90. The monoisotopic (exact) mass is 298 g/mol. The van der Waals surface area contributed by atoms with Crippen LogP contribution < -0.4 is 0 Å². The highest BCUT2D eigenvalue weighted by Crippen LogP contribution is 2.20. The van der Waals surface area contributed by atoms with Gasteiger partial charge in [0.2, 0.25) is 0 Å². The van der Waals surface area contributed by atoms with Crippen molar-refractivity contribution in [3.8, 4) is 0 Å². The fraction of sp³-hybridized carbons (Fsp3) is 0.333. The second-order valence-electron chi connectivity index (χ2n) is 4.40. The molecule has 0 aliphatic heterocycles. The number of benzene rings is 1. The number of carbonyl (C=O) groups is 1. The van der Waals surface area contributed by atoms with Crippen molar-refractivity contribution >= 4 is 26.8 Å². The van der Waals surface area contributed by atoms with Crippen molar-refractivity contribution in [1.82, 2.24) is 9.55 Å². The van der Waals surface area contributed by atoms with E-state index in [-0.39, 0.29) is 11.5 Å². The summed E-state index contributed by atoms with van der Waals surface area (Å²) in [5.74, 6) is -0.518. The fourth-order valence-corrected chi connectivity index (χ4v) is 2.46. The lowest BCUT2D eigenvalue weighted by Crippen LogP contribution is -2.09. The highest BCUT2D eigenvalue weighted by Gasteiger charge is 2.13. The van der Waals surface area contributed by atoms with Gasteiger partial charge < -0.3 is 14.4 Å². The van der Waals surface area contributed by atoms with E-state index < -0.39 is 22.4 Å². The maximum atomic E-state index is 11.5. The molecule has 0 unspecified atom stereocenters. The van der Waals surface area contributed by atoms with Crippen molar-refractivity contribution in [2.75, 3.05) is 12.9 Å². The molecule has 7 nitrogen and oxygen atoms in total. The molecule has 108 valence electrons. The van der Waals surface area contributed by atoms with Gasteiger partial charge in [-0.2, -0.15) is 0 Å². The molecule has 8 heteroatoms. The van der Waals surface area contributed by atoms with Gasteiger partial charge >= 0.3 is 5.97 Å². The molecule has 0 saturated carbocycles. The van der Waals surface area contributed by atoms with Crippen LogP contribution in [-0.4, -0.2) is 41.9 Å². The predicted octanol–water partition coefficient (Wildman–Crippen LogP) is 0.578. The molecular weight excluding hydrogens is 284 g/mol. The first-order valence-electron chi connectivity index (χ1n) is 5.74. The summed E-state index contributed by atoms with van der Waals surface area (Å²) in [7, 11) is -1.53. The van der Waals surface area contributed by atoms with Crippen molar-refractivity contribution in [2.45, 2.75) is 11.5 Å². The van der Waals surface area contributed by atoms with Gasteiger partial charge in [0.25, 0.3) is 0 Å². The van der Waals surface area contributed by atoms with Crippen LogP contribution >= 0.6 is 0 Å². The molecule has 1 N–H and O–H groups in total. The van der Waals surface area contributed by atoms with Gasteiger partial charge in [-0.25, -0.2) is 18.2 Å². The molecule has 20 heavy (non-hydrogen) atoms. The molecule has 1 aromatic heterocycles. The lowest BCUT2D eigenvalue weighted by Gasteiger charge is -2.02. The Balaban J connectivity index is 2.34. The van der Waals surface area contributed by atoms with E-state index in [4.69, 9.17) is 9.84 Å². The minimum Gasteiger partial charge on any atom is -0.480 e. The number of fused-ring (bicyclic) bond motifs is 1. The lowest BCUT2D eigenvalue weighted by atomic mass is 10.3. The van der Waals surface area contributed by atoms with E-state index in [0.717, 1.165) is 11.8 Å². The second-order valence-corrected chi connectivity index (χ2v) is 6.41. The summed E-state index contributed by atoms with van der Waals surface area (Å²) in [6, 6.07) is 4.67. The van der Waals surface area contributed by atoms with Gasteiger partial charge in [-0.05, 0) is 18.2 Å². The van der Waals surface area contributed by atoms with Crippen LogP contribution in [0.5, 0.6) is 0 Å². The van der Waals surface area contributed by atoms with Gasteiger partial charge in [0.05, 0.1) is 15.9 Å². The van der Waals surface area contributed by atoms with E-state index >= 15 is 0 Å². The summed E-state index contributed by atoms with van der Waals surface area (Å²) < 4.78 is 29.7. The van der Waals surface area contributed by atoms with Gasteiger partial charge in [0, 0.05) is 13.3 Å². The molecule has 0 amide bonds. The molecule has 0 bridgehead atoms. The summed E-state index contributed by atoms with van der Waals surface area (Å²) in [5.41, 5.74) is 1.29. The average molecular weight is 298 g/mol. The molecule has 0 fully saturated rings. The van der Waals surface area contributed by atoms with Crippen LogP contribution in [0.3, 0.4) is 0 Å². The first-order valence-corrected chi connectivity index (χ1v) is 7.63. The Morgan fingerprint density at radius 3 is 2.75 bits per heavy atom. The molecular formula is C12H14N2O5S. The normalized spacial score (nSPS) is 11.9. The fourth-order valence-electron chi connectivity index (χ4n) is 1.82. The van der Waals surface area contributed by atoms with E-state index in [2.05, 4.69) is 4.98 Å². The van der Waals surface area contributed by atoms with Crippen molar-refractivity contribution in [3.05, 3.63) is 24.0 Å². The summed E-state index contributed by atoms with van der Waals surface area (Å²) in [6.45, 7) is -0.358. The molecule has 0 saturated heterocycles. The van der Waals surface area contributed by atoms with Crippen LogP contribution in [0.1, 0.15) is 5.82 Å². The lowest BCUT2D eigenvalue weighted by molar-refractivity contribution is -0.142. The largest absolute Gasteiger partial charge is 0.480 e. The molecule has 1 heterocycles. The number of ether oxygens (including phenoxy) is 1. The van der Waals surface area contributed by atoms with Crippen LogP contribution in [0, 0.1) is 0 Å². The van der Waals surface area contributed by atoms with E-state index in [1.807, 2.05) is 0 Å². The number of nitrogens with zero attached hydrogens (tertiary/aromatic N) is 2. The van der Waals surface area contributed by atoms with E-state index in [1.54, 1.807) is 17.7 Å². The number of hydrogen-bond acceptors (Lipinski definition) is 5. The molecule has 2 aromatic rings. The van der Waals surface area contributed by atoms with E-state index in [9.17, 15) is 13.2 Å². The summed E-state index contributed by atoms with van der Waals surface area (Å²) in [5, 5.41) is 8.51. The Morgan fingerprint density at radius 2 is 2.15 bits per heavy atom. The zero-order valence-corrected chi connectivity index (χ0v) is 11.8. The van der Waals surface area contributed by atoms with Crippen molar-refractivity contribution in [1.29, 1.82) is 0 Å². The zero-order valence-electron chi connectivity index (χ0n) is 11.0. The Morgan fingerprint density at radius 1 is 1.45 bits per heavy atom. The quantitative estimate of drug-likeness (QED) is 0.867. The second kappa shape index (κ2) is 5.22. The van der Waals surface area contributed by atoms with Crippen LogP contribution in [0.4, 0.5) is 0 Å². The number of imidazole rings is 1. The van der Waals surface area contributed by atoms with E-state index in [0.29, 0.717) is 11.3 Å². The standard InChI is InChI=1S/C12H14N2O5S/c1-14-10-4-3-8(20(2,17)18)5-9(10)13-11(14)6-19-7-12(15)16/h3-5H,6-7H2,1-2H3,(H,15,16). The van der Waals surface area contributed by atoms with E-state index in [1.165, 1.54) is 12.1 Å². The summed E-state index contributed by atoms with van der Waals surface area (Å²) in [4.78, 5) is 14.8. The number of hydrogen-bond donors (Lipinski definition) is 1. The number of aromatic nitrogens is 2. The van der Waals surface area contributed by atoms with Gasteiger partial charge in [0.1, 0.15) is 19.0 Å². The molecule has 0 atom stereocenters. The predicted molar refractivity (Wildman–Crippen MR) is 71.1 cm³/mol. The number of sulfone groups is 1. The molecule has 0 spiro atoms. The minimum absolute atomic E-state index is 0.0473. The molecule has 0 aliphatic rings. The van der Waals surface area contributed by atoms with Crippen LogP contribution in [-0.2, 0) is 33.0 Å². The maximum Gasteiger partial charge on any atom is 0.329 e.